The molecular formula is C7H9F2N3O2S. The second kappa shape index (κ2) is 3.70. The first-order valence-electron chi connectivity index (χ1n) is 3.81. The lowest BCUT2D eigenvalue weighted by atomic mass is 10.1. The zero-order valence-electron chi connectivity index (χ0n) is 7.74. The Hall–Kier alpha value is -1.28. The number of aryl methyl sites for hydroxylation is 1. The normalized spacial score (nSPS) is 12.1. The molecule has 0 aliphatic rings. The Balaban J connectivity index is 3.62. The number of hydrogen-bond acceptors (Lipinski definition) is 4. The van der Waals surface area contributed by atoms with Crippen molar-refractivity contribution in [3.63, 3.8) is 0 Å². The first kappa shape index (κ1) is 11.8. The summed E-state index contributed by atoms with van der Waals surface area (Å²) in [6, 6.07) is 1.16. The summed E-state index contributed by atoms with van der Waals surface area (Å²) < 4.78 is 47.1. The largest absolute Gasteiger partial charge is 0.384 e. The Bertz CT molecular complexity index is 487. The molecule has 0 unspecified atom stereocenters. The van der Waals surface area contributed by atoms with Crippen LogP contribution in [0.5, 0.6) is 0 Å². The predicted molar refractivity (Wildman–Crippen MR) is 49.7 cm³/mol. The van der Waals surface area contributed by atoms with E-state index in [1.54, 1.807) is 0 Å². The molecule has 1 rings (SSSR count). The molecule has 0 saturated carbocycles. The molecule has 1 aromatic rings. The van der Waals surface area contributed by atoms with E-state index in [0.717, 1.165) is 6.07 Å². The molecule has 0 radical (unpaired) electrons. The quantitative estimate of drug-likeness (QED) is 0.784. The van der Waals surface area contributed by atoms with Gasteiger partial charge in [-0.2, -0.15) is 0 Å². The third kappa shape index (κ3) is 2.39. The van der Waals surface area contributed by atoms with E-state index in [4.69, 9.17) is 10.9 Å². The van der Waals surface area contributed by atoms with Crippen molar-refractivity contribution in [3.8, 4) is 0 Å². The summed E-state index contributed by atoms with van der Waals surface area (Å²) >= 11 is 0. The fourth-order valence-electron chi connectivity index (χ4n) is 1.16. The van der Waals surface area contributed by atoms with Gasteiger partial charge in [0.1, 0.15) is 5.82 Å². The number of rotatable bonds is 2. The van der Waals surface area contributed by atoms with E-state index in [1.807, 2.05) is 0 Å². The summed E-state index contributed by atoms with van der Waals surface area (Å²) in [4.78, 5) is 3.31. The lowest BCUT2D eigenvalue weighted by Crippen LogP contribution is -2.18. The maximum absolute atomic E-state index is 12.5. The molecule has 5 nitrogen and oxygen atoms in total. The van der Waals surface area contributed by atoms with Gasteiger partial charge in [-0.1, -0.05) is 0 Å². The molecule has 1 heterocycles. The Labute approximate surface area is 85.2 Å². The van der Waals surface area contributed by atoms with E-state index in [0.29, 0.717) is 0 Å². The van der Waals surface area contributed by atoms with Crippen LogP contribution in [0.2, 0.25) is 0 Å². The van der Waals surface area contributed by atoms with E-state index in [2.05, 4.69) is 4.98 Å². The van der Waals surface area contributed by atoms with Crippen LogP contribution in [0, 0.1) is 6.92 Å². The molecule has 4 N–H and O–H groups in total. The minimum Gasteiger partial charge on any atom is -0.384 e. The van der Waals surface area contributed by atoms with Crippen LogP contribution >= 0.6 is 0 Å². The van der Waals surface area contributed by atoms with E-state index < -0.39 is 27.0 Å². The van der Waals surface area contributed by atoms with E-state index in [-0.39, 0.29) is 11.4 Å². The number of anilines is 1. The molecule has 8 heteroatoms. The maximum atomic E-state index is 12.5. The van der Waals surface area contributed by atoms with E-state index in [9.17, 15) is 17.2 Å². The molecule has 0 aliphatic heterocycles. The van der Waals surface area contributed by atoms with Crippen LogP contribution in [-0.2, 0) is 10.0 Å². The Morgan fingerprint density at radius 1 is 1.47 bits per heavy atom. The van der Waals surface area contributed by atoms with Gasteiger partial charge in [0, 0.05) is 0 Å². The molecule has 0 amide bonds. The monoisotopic (exact) mass is 237 g/mol. The van der Waals surface area contributed by atoms with Crippen LogP contribution in [0.3, 0.4) is 0 Å². The van der Waals surface area contributed by atoms with Crippen molar-refractivity contribution in [2.24, 2.45) is 5.14 Å². The highest BCUT2D eigenvalue weighted by Crippen LogP contribution is 2.28. The topological polar surface area (TPSA) is 99.1 Å². The highest BCUT2D eigenvalue weighted by atomic mass is 32.2. The van der Waals surface area contributed by atoms with E-state index >= 15 is 0 Å². The zero-order valence-corrected chi connectivity index (χ0v) is 8.55. The van der Waals surface area contributed by atoms with Crippen LogP contribution in [0.15, 0.2) is 11.1 Å². The van der Waals surface area contributed by atoms with E-state index in [1.165, 1.54) is 6.92 Å². The number of halogens is 2. The molecular weight excluding hydrogens is 228 g/mol. The Kier molecular flexibility index (Phi) is 2.91. The van der Waals surface area contributed by atoms with Crippen molar-refractivity contribution in [3.05, 3.63) is 17.2 Å². The number of nitrogens with zero attached hydrogens (tertiary/aromatic N) is 1. The first-order valence-corrected chi connectivity index (χ1v) is 5.36. The average Bonchev–Trinajstić information content (AvgIpc) is 1.99. The number of aromatic nitrogens is 1. The lowest BCUT2D eigenvalue weighted by molar-refractivity contribution is 0.146. The Morgan fingerprint density at radius 3 is 2.40 bits per heavy atom. The number of nitrogens with two attached hydrogens (primary N) is 2. The highest BCUT2D eigenvalue weighted by Gasteiger charge is 2.24. The van der Waals surface area contributed by atoms with Crippen LogP contribution in [0.25, 0.3) is 0 Å². The summed E-state index contributed by atoms with van der Waals surface area (Å²) in [5.41, 5.74) is 4.59. The number of primary sulfonamides is 1. The van der Waals surface area contributed by atoms with Gasteiger partial charge in [-0.05, 0) is 18.6 Å². The van der Waals surface area contributed by atoms with Crippen LogP contribution < -0.4 is 10.9 Å². The minimum absolute atomic E-state index is 0.0431. The number of alkyl halides is 2. The maximum Gasteiger partial charge on any atom is 0.266 e. The summed E-state index contributed by atoms with van der Waals surface area (Å²) in [6.45, 7) is 1.31. The molecule has 0 aliphatic carbocycles. The van der Waals surface area contributed by atoms with Crippen molar-refractivity contribution in [1.82, 2.24) is 4.98 Å². The van der Waals surface area contributed by atoms with Gasteiger partial charge < -0.3 is 5.73 Å². The smallest absolute Gasteiger partial charge is 0.266 e. The number of hydrogen-bond donors (Lipinski definition) is 2. The zero-order chi connectivity index (χ0) is 11.8. The van der Waals surface area contributed by atoms with Gasteiger partial charge in [-0.15, -0.1) is 0 Å². The Morgan fingerprint density at radius 2 is 2.00 bits per heavy atom. The molecule has 15 heavy (non-hydrogen) atoms. The van der Waals surface area contributed by atoms with Crippen LogP contribution in [0.1, 0.15) is 17.6 Å². The van der Waals surface area contributed by atoms with Crippen molar-refractivity contribution in [2.75, 3.05) is 5.73 Å². The molecule has 0 saturated heterocycles. The summed E-state index contributed by atoms with van der Waals surface area (Å²) in [7, 11) is -4.29. The number of pyridine rings is 1. The minimum atomic E-state index is -4.29. The lowest BCUT2D eigenvalue weighted by Gasteiger charge is -2.09. The molecule has 0 spiro atoms. The third-order valence-corrected chi connectivity index (χ3v) is 2.59. The number of nitrogen functional groups attached to an aromatic ring is 1. The molecule has 0 bridgehead atoms. The van der Waals surface area contributed by atoms with Gasteiger partial charge in [0.2, 0.25) is 0 Å². The molecule has 84 valence electrons. The SMILES string of the molecule is Cc1cc(N)nc(S(N)(=O)=O)c1C(F)F. The van der Waals surface area contributed by atoms with Gasteiger partial charge in [0.25, 0.3) is 16.4 Å². The van der Waals surface area contributed by atoms with Crippen molar-refractivity contribution in [1.29, 1.82) is 0 Å². The molecule has 0 fully saturated rings. The second-order valence-corrected chi connectivity index (χ2v) is 4.41. The first-order chi connectivity index (χ1) is 6.73. The van der Waals surface area contributed by atoms with Gasteiger partial charge in [-0.25, -0.2) is 27.3 Å². The van der Waals surface area contributed by atoms with Crippen molar-refractivity contribution in [2.45, 2.75) is 18.4 Å². The van der Waals surface area contributed by atoms with Crippen LogP contribution in [0.4, 0.5) is 14.6 Å². The molecule has 1 aromatic heterocycles. The standard InChI is InChI=1S/C7H9F2N3O2S/c1-3-2-4(10)12-7(15(11,13)14)5(3)6(8)9/h2,6H,1H3,(H2,10,12)(H2,11,13,14). The van der Waals surface area contributed by atoms with Crippen molar-refractivity contribution < 1.29 is 17.2 Å². The average molecular weight is 237 g/mol. The second-order valence-electron chi connectivity index (χ2n) is 2.93. The number of sulfonamides is 1. The van der Waals surface area contributed by atoms with Gasteiger partial charge in [0.15, 0.2) is 5.03 Å². The fourth-order valence-corrected chi connectivity index (χ4v) is 1.95. The third-order valence-electron chi connectivity index (χ3n) is 1.74. The highest BCUT2D eigenvalue weighted by molar-refractivity contribution is 7.89. The fraction of sp³-hybridized carbons (Fsp3) is 0.286. The van der Waals surface area contributed by atoms with Crippen LogP contribution in [-0.4, -0.2) is 13.4 Å². The van der Waals surface area contributed by atoms with Gasteiger partial charge in [-0.3, -0.25) is 0 Å². The summed E-state index contributed by atoms with van der Waals surface area (Å²) in [5.74, 6) is -0.166. The summed E-state index contributed by atoms with van der Waals surface area (Å²) in [5, 5.41) is 3.89. The summed E-state index contributed by atoms with van der Waals surface area (Å²) in [6.07, 6.45) is -2.97. The molecule has 0 aromatic carbocycles. The van der Waals surface area contributed by atoms with Crippen molar-refractivity contribution >= 4 is 15.8 Å². The molecule has 0 atom stereocenters. The predicted octanol–water partition coefficient (Wildman–Crippen LogP) is 0.557. The van der Waals surface area contributed by atoms with Gasteiger partial charge >= 0.3 is 0 Å². The van der Waals surface area contributed by atoms with Gasteiger partial charge in [0.05, 0.1) is 5.56 Å².